The van der Waals surface area contributed by atoms with Crippen LogP contribution in [0.1, 0.15) is 6.42 Å². The molecule has 106 valence electrons. The van der Waals surface area contributed by atoms with Gasteiger partial charge in [-0.25, -0.2) is 9.69 Å². The number of carbonyl (C=O) groups excluding carboxylic acids is 2. The molecule has 2 fully saturated rings. The molecule has 2 unspecified atom stereocenters. The van der Waals surface area contributed by atoms with E-state index >= 15 is 0 Å². The summed E-state index contributed by atoms with van der Waals surface area (Å²) in [5.74, 6) is -0.279. The third kappa shape index (κ3) is 1.97. The Bertz CT molecular complexity index is 569. The maximum atomic E-state index is 12.4. The van der Waals surface area contributed by atoms with Crippen LogP contribution >= 0.6 is 23.2 Å². The minimum atomic E-state index is -0.470. The average molecular weight is 315 g/mol. The number of imide groups is 1. The van der Waals surface area contributed by atoms with Crippen LogP contribution in [0.3, 0.4) is 0 Å². The number of methoxy groups -OCH3 is 1. The van der Waals surface area contributed by atoms with E-state index in [4.69, 9.17) is 27.9 Å². The van der Waals surface area contributed by atoms with Gasteiger partial charge in [-0.05, 0) is 18.2 Å². The number of rotatable bonds is 2. The zero-order chi connectivity index (χ0) is 14.4. The van der Waals surface area contributed by atoms with Gasteiger partial charge in [0.2, 0.25) is 0 Å². The lowest BCUT2D eigenvalue weighted by Crippen LogP contribution is -2.35. The molecule has 0 bridgehead atoms. The van der Waals surface area contributed by atoms with Crippen molar-refractivity contribution in [2.45, 2.75) is 18.6 Å². The van der Waals surface area contributed by atoms with Crippen LogP contribution in [0.15, 0.2) is 18.2 Å². The van der Waals surface area contributed by atoms with E-state index < -0.39 is 6.04 Å². The van der Waals surface area contributed by atoms with Gasteiger partial charge < -0.3 is 9.64 Å². The summed E-state index contributed by atoms with van der Waals surface area (Å²) in [6.45, 7) is 0.417. The molecule has 1 aromatic carbocycles. The molecule has 2 atom stereocenters. The van der Waals surface area contributed by atoms with E-state index in [-0.39, 0.29) is 18.0 Å². The number of amides is 3. The maximum absolute atomic E-state index is 12.4. The van der Waals surface area contributed by atoms with Crippen molar-refractivity contribution in [2.24, 2.45) is 0 Å². The highest BCUT2D eigenvalue weighted by molar-refractivity contribution is 6.37. The summed E-state index contributed by atoms with van der Waals surface area (Å²) in [4.78, 5) is 27.4. The summed E-state index contributed by atoms with van der Waals surface area (Å²) in [5.41, 5.74) is 0.331. The first-order valence-electron chi connectivity index (χ1n) is 6.15. The molecule has 0 aromatic heterocycles. The number of ether oxygens (including phenoxy) is 1. The fourth-order valence-electron chi connectivity index (χ4n) is 2.66. The molecule has 0 radical (unpaired) electrons. The Kier molecular flexibility index (Phi) is 3.36. The van der Waals surface area contributed by atoms with Gasteiger partial charge >= 0.3 is 6.03 Å². The Labute approximate surface area is 126 Å². The Morgan fingerprint density at radius 3 is 2.70 bits per heavy atom. The smallest absolute Gasteiger partial charge is 0.332 e. The van der Waals surface area contributed by atoms with Crippen molar-refractivity contribution in [3.05, 3.63) is 28.2 Å². The molecule has 3 amide bonds. The molecule has 0 aliphatic carbocycles. The third-order valence-corrected chi connectivity index (χ3v) is 4.24. The molecule has 0 saturated carbocycles. The van der Waals surface area contributed by atoms with E-state index in [9.17, 15) is 9.59 Å². The van der Waals surface area contributed by atoms with Crippen molar-refractivity contribution in [2.75, 3.05) is 18.6 Å². The summed E-state index contributed by atoms with van der Waals surface area (Å²) >= 11 is 12.0. The minimum absolute atomic E-state index is 0.0927. The number of halogens is 2. The largest absolute Gasteiger partial charge is 0.380 e. The Hall–Kier alpha value is -1.30. The first kappa shape index (κ1) is 13.7. The molecule has 20 heavy (non-hydrogen) atoms. The fraction of sp³-hybridized carbons (Fsp3) is 0.385. The summed E-state index contributed by atoms with van der Waals surface area (Å²) in [6.07, 6.45) is 0.417. The molecular formula is C13H12Cl2N2O3. The second kappa shape index (κ2) is 4.91. The average Bonchev–Trinajstić information content (AvgIpc) is 2.94. The van der Waals surface area contributed by atoms with E-state index in [0.29, 0.717) is 28.7 Å². The number of benzene rings is 1. The van der Waals surface area contributed by atoms with E-state index in [2.05, 4.69) is 0 Å². The Morgan fingerprint density at radius 2 is 2.05 bits per heavy atom. The number of hydrogen-bond donors (Lipinski definition) is 0. The molecule has 2 saturated heterocycles. The van der Waals surface area contributed by atoms with Crippen molar-refractivity contribution in [1.82, 2.24) is 4.90 Å². The summed E-state index contributed by atoms with van der Waals surface area (Å²) in [7, 11) is 1.58. The first-order chi connectivity index (χ1) is 9.52. The van der Waals surface area contributed by atoms with Crippen molar-refractivity contribution in [3.8, 4) is 0 Å². The molecule has 3 rings (SSSR count). The second-order valence-electron chi connectivity index (χ2n) is 4.81. The number of anilines is 1. The summed E-state index contributed by atoms with van der Waals surface area (Å²) in [6, 6.07) is 3.86. The number of fused-ring (bicyclic) bond motifs is 1. The van der Waals surface area contributed by atoms with E-state index in [1.54, 1.807) is 19.2 Å². The van der Waals surface area contributed by atoms with Gasteiger partial charge in [0.15, 0.2) is 0 Å². The quantitative estimate of drug-likeness (QED) is 0.788. The zero-order valence-corrected chi connectivity index (χ0v) is 12.2. The molecule has 2 aliphatic heterocycles. The number of carbonyl (C=O) groups is 2. The van der Waals surface area contributed by atoms with Gasteiger partial charge in [0.05, 0.1) is 16.8 Å². The number of nitrogens with zero attached hydrogens (tertiary/aromatic N) is 2. The van der Waals surface area contributed by atoms with E-state index in [1.807, 2.05) is 0 Å². The van der Waals surface area contributed by atoms with Gasteiger partial charge in [-0.2, -0.15) is 0 Å². The monoisotopic (exact) mass is 314 g/mol. The number of urea groups is 1. The Balaban J connectivity index is 1.96. The van der Waals surface area contributed by atoms with Gasteiger partial charge in [-0.1, -0.05) is 23.2 Å². The predicted molar refractivity (Wildman–Crippen MR) is 75.3 cm³/mol. The standard InChI is InChI=1S/C13H12Cl2N2O3/c1-20-8-5-11-12(18)17(13(19)16(11)6-8)10-4-7(14)2-3-9(10)15/h2-4,8,11H,5-6H2,1H3. The molecule has 0 spiro atoms. The van der Waals surface area contributed by atoms with Gasteiger partial charge in [0.1, 0.15) is 6.04 Å². The van der Waals surface area contributed by atoms with Crippen LogP contribution in [-0.2, 0) is 9.53 Å². The van der Waals surface area contributed by atoms with E-state index in [1.165, 1.54) is 11.0 Å². The van der Waals surface area contributed by atoms with Gasteiger partial charge in [-0.3, -0.25) is 4.79 Å². The molecule has 2 aliphatic rings. The van der Waals surface area contributed by atoms with Crippen LogP contribution in [0.4, 0.5) is 10.5 Å². The molecule has 2 heterocycles. The zero-order valence-electron chi connectivity index (χ0n) is 10.7. The van der Waals surface area contributed by atoms with E-state index in [0.717, 1.165) is 4.90 Å². The minimum Gasteiger partial charge on any atom is -0.380 e. The van der Waals surface area contributed by atoms with Crippen molar-refractivity contribution in [3.63, 3.8) is 0 Å². The second-order valence-corrected chi connectivity index (χ2v) is 5.66. The van der Waals surface area contributed by atoms with Crippen molar-refractivity contribution in [1.29, 1.82) is 0 Å². The SMILES string of the molecule is COC1CC2C(=O)N(c3cc(Cl)ccc3Cl)C(=O)N2C1. The van der Waals surface area contributed by atoms with Crippen molar-refractivity contribution >= 4 is 40.8 Å². The lowest BCUT2D eigenvalue weighted by molar-refractivity contribution is -0.119. The maximum Gasteiger partial charge on any atom is 0.332 e. The van der Waals surface area contributed by atoms with Crippen LogP contribution in [0, 0.1) is 0 Å². The molecular weight excluding hydrogens is 303 g/mol. The highest BCUT2D eigenvalue weighted by atomic mass is 35.5. The van der Waals surface area contributed by atoms with Gasteiger partial charge in [-0.15, -0.1) is 0 Å². The third-order valence-electron chi connectivity index (χ3n) is 3.69. The Morgan fingerprint density at radius 1 is 1.30 bits per heavy atom. The lowest BCUT2D eigenvalue weighted by Gasteiger charge is -2.18. The van der Waals surface area contributed by atoms with Gasteiger partial charge in [0, 0.05) is 25.1 Å². The summed E-state index contributed by atoms with van der Waals surface area (Å²) in [5, 5.41) is 0.743. The molecule has 5 nitrogen and oxygen atoms in total. The van der Waals surface area contributed by atoms with Crippen LogP contribution in [-0.4, -0.2) is 42.6 Å². The normalized spacial score (nSPS) is 25.6. The fourth-order valence-corrected chi connectivity index (χ4v) is 3.03. The van der Waals surface area contributed by atoms with Crippen LogP contribution < -0.4 is 4.90 Å². The topological polar surface area (TPSA) is 49.9 Å². The van der Waals surface area contributed by atoms with Crippen molar-refractivity contribution < 1.29 is 14.3 Å². The highest BCUT2D eigenvalue weighted by Crippen LogP contribution is 2.36. The van der Waals surface area contributed by atoms with Crippen LogP contribution in [0.2, 0.25) is 10.0 Å². The van der Waals surface area contributed by atoms with Crippen LogP contribution in [0.5, 0.6) is 0 Å². The highest BCUT2D eigenvalue weighted by Gasteiger charge is 2.51. The van der Waals surface area contributed by atoms with Crippen LogP contribution in [0.25, 0.3) is 0 Å². The molecule has 1 aromatic rings. The summed E-state index contributed by atoms with van der Waals surface area (Å²) < 4.78 is 5.22. The molecule has 0 N–H and O–H groups in total. The number of hydrogen-bond acceptors (Lipinski definition) is 3. The first-order valence-corrected chi connectivity index (χ1v) is 6.91. The molecule has 7 heteroatoms. The lowest BCUT2D eigenvalue weighted by atomic mass is 10.2. The predicted octanol–water partition coefficient (Wildman–Crippen LogP) is 2.55. The van der Waals surface area contributed by atoms with Gasteiger partial charge in [0.25, 0.3) is 5.91 Å².